The second kappa shape index (κ2) is 5.14. The number of anilines is 1. The molecule has 1 aliphatic heterocycles. The van der Waals surface area contributed by atoms with Crippen LogP contribution in [0.1, 0.15) is 12.0 Å². The van der Waals surface area contributed by atoms with Crippen molar-refractivity contribution >= 4 is 11.4 Å². The van der Waals surface area contributed by atoms with Gasteiger partial charge in [-0.15, -0.1) is 0 Å². The summed E-state index contributed by atoms with van der Waals surface area (Å²) >= 11 is 0. The van der Waals surface area contributed by atoms with Gasteiger partial charge in [-0.25, -0.2) is 0 Å². The van der Waals surface area contributed by atoms with Gasteiger partial charge in [-0.3, -0.25) is 10.1 Å². The zero-order valence-corrected chi connectivity index (χ0v) is 9.90. The molecule has 17 heavy (non-hydrogen) atoms. The first-order chi connectivity index (χ1) is 8.16. The summed E-state index contributed by atoms with van der Waals surface area (Å²) in [5.74, 6) is 0.658. The Morgan fingerprint density at radius 2 is 2.41 bits per heavy atom. The lowest BCUT2D eigenvalue weighted by atomic mass is 10.1. The number of hydrogen-bond acceptors (Lipinski definition) is 4. The van der Waals surface area contributed by atoms with Crippen molar-refractivity contribution in [3.8, 4) is 0 Å². The second-order valence-electron chi connectivity index (χ2n) is 4.50. The first-order valence-corrected chi connectivity index (χ1v) is 5.86. The van der Waals surface area contributed by atoms with Gasteiger partial charge in [0.2, 0.25) is 0 Å². The molecular formula is C12H17N3O2. The number of aryl methyl sites for hydroxylation is 1. The smallest absolute Gasteiger partial charge is 0.272 e. The van der Waals surface area contributed by atoms with Crippen LogP contribution in [0.15, 0.2) is 18.2 Å². The summed E-state index contributed by atoms with van der Waals surface area (Å²) in [6, 6.07) is 5.17. The number of nitrogens with zero attached hydrogens (tertiary/aromatic N) is 1. The maximum atomic E-state index is 10.7. The summed E-state index contributed by atoms with van der Waals surface area (Å²) in [5, 5.41) is 17.3. The predicted octanol–water partition coefficient (Wildman–Crippen LogP) is 1.92. The molecule has 1 atom stereocenters. The van der Waals surface area contributed by atoms with Crippen molar-refractivity contribution in [3.05, 3.63) is 33.9 Å². The standard InChI is InChI=1S/C12H17N3O2/c1-9-6-11(2-3-12(9)15(16)17)14-8-10-4-5-13-7-10/h2-3,6,10,13-14H,4-5,7-8H2,1H3. The average Bonchev–Trinajstić information content (AvgIpc) is 2.78. The van der Waals surface area contributed by atoms with E-state index in [2.05, 4.69) is 10.6 Å². The highest BCUT2D eigenvalue weighted by Crippen LogP contribution is 2.22. The van der Waals surface area contributed by atoms with Gasteiger partial charge in [-0.1, -0.05) is 0 Å². The summed E-state index contributed by atoms with van der Waals surface area (Å²) in [7, 11) is 0. The lowest BCUT2D eigenvalue weighted by molar-refractivity contribution is -0.385. The Labute approximate surface area is 100 Å². The van der Waals surface area contributed by atoms with Gasteiger partial charge in [-0.2, -0.15) is 0 Å². The second-order valence-corrected chi connectivity index (χ2v) is 4.50. The third-order valence-electron chi connectivity index (χ3n) is 3.15. The van der Waals surface area contributed by atoms with E-state index in [0.29, 0.717) is 11.5 Å². The van der Waals surface area contributed by atoms with Crippen LogP contribution >= 0.6 is 0 Å². The predicted molar refractivity (Wildman–Crippen MR) is 67.3 cm³/mol. The number of nitrogens with one attached hydrogen (secondary N) is 2. The first-order valence-electron chi connectivity index (χ1n) is 5.86. The Hall–Kier alpha value is -1.62. The fraction of sp³-hybridized carbons (Fsp3) is 0.500. The average molecular weight is 235 g/mol. The highest BCUT2D eigenvalue weighted by Gasteiger charge is 2.14. The molecule has 1 unspecified atom stereocenters. The number of nitro groups is 1. The molecule has 0 bridgehead atoms. The molecule has 0 aliphatic carbocycles. The van der Waals surface area contributed by atoms with Crippen LogP contribution in [0, 0.1) is 23.0 Å². The van der Waals surface area contributed by atoms with Gasteiger partial charge in [0.15, 0.2) is 0 Å². The molecule has 1 aromatic rings. The number of nitro benzene ring substituents is 1. The van der Waals surface area contributed by atoms with Crippen LogP contribution in [0.5, 0.6) is 0 Å². The normalized spacial score (nSPS) is 19.2. The molecule has 0 amide bonds. The van der Waals surface area contributed by atoms with Crippen LogP contribution in [-0.4, -0.2) is 24.6 Å². The number of hydrogen-bond donors (Lipinski definition) is 2. The first kappa shape index (κ1) is 11.9. The molecular weight excluding hydrogens is 218 g/mol. The molecule has 92 valence electrons. The summed E-state index contributed by atoms with van der Waals surface area (Å²) in [5.41, 5.74) is 1.84. The minimum absolute atomic E-state index is 0.179. The fourth-order valence-corrected chi connectivity index (χ4v) is 2.12. The number of rotatable bonds is 4. The maximum absolute atomic E-state index is 10.7. The van der Waals surface area contributed by atoms with Crippen LogP contribution in [0.3, 0.4) is 0 Å². The summed E-state index contributed by atoms with van der Waals surface area (Å²) in [6.45, 7) is 4.83. The lowest BCUT2D eigenvalue weighted by Crippen LogP contribution is -2.17. The van der Waals surface area contributed by atoms with Crippen molar-refractivity contribution in [3.63, 3.8) is 0 Å². The highest BCUT2D eigenvalue weighted by atomic mass is 16.6. The van der Waals surface area contributed by atoms with Gasteiger partial charge < -0.3 is 10.6 Å². The van der Waals surface area contributed by atoms with E-state index in [1.54, 1.807) is 19.1 Å². The van der Waals surface area contributed by atoms with E-state index in [1.807, 2.05) is 6.07 Å². The minimum atomic E-state index is -0.347. The van der Waals surface area contributed by atoms with Gasteiger partial charge in [-0.05, 0) is 44.5 Å². The van der Waals surface area contributed by atoms with E-state index >= 15 is 0 Å². The van der Waals surface area contributed by atoms with E-state index in [4.69, 9.17) is 0 Å². The van der Waals surface area contributed by atoms with E-state index in [-0.39, 0.29) is 10.6 Å². The molecule has 2 rings (SSSR count). The third-order valence-corrected chi connectivity index (χ3v) is 3.15. The van der Waals surface area contributed by atoms with Crippen LogP contribution in [0.2, 0.25) is 0 Å². The van der Waals surface area contributed by atoms with Gasteiger partial charge in [0.05, 0.1) is 4.92 Å². The Kier molecular flexibility index (Phi) is 3.58. The fourth-order valence-electron chi connectivity index (χ4n) is 2.12. The van der Waals surface area contributed by atoms with Crippen molar-refractivity contribution in [2.45, 2.75) is 13.3 Å². The minimum Gasteiger partial charge on any atom is -0.385 e. The molecule has 1 aliphatic rings. The van der Waals surface area contributed by atoms with Crippen molar-refractivity contribution in [2.75, 3.05) is 25.0 Å². The third kappa shape index (κ3) is 2.94. The van der Waals surface area contributed by atoms with E-state index in [1.165, 1.54) is 6.42 Å². The molecule has 1 heterocycles. The highest BCUT2D eigenvalue weighted by molar-refractivity contribution is 5.53. The topological polar surface area (TPSA) is 67.2 Å². The monoisotopic (exact) mass is 235 g/mol. The number of benzene rings is 1. The van der Waals surface area contributed by atoms with E-state index in [9.17, 15) is 10.1 Å². The maximum Gasteiger partial charge on any atom is 0.272 e. The van der Waals surface area contributed by atoms with Crippen LogP contribution in [-0.2, 0) is 0 Å². The molecule has 1 saturated heterocycles. The molecule has 5 nitrogen and oxygen atoms in total. The lowest BCUT2D eigenvalue weighted by Gasteiger charge is -2.11. The van der Waals surface area contributed by atoms with Crippen molar-refractivity contribution in [1.29, 1.82) is 0 Å². The zero-order valence-electron chi connectivity index (χ0n) is 9.90. The Balaban J connectivity index is 1.97. The SMILES string of the molecule is Cc1cc(NCC2CCNC2)ccc1[N+](=O)[O-]. The molecule has 0 saturated carbocycles. The van der Waals surface area contributed by atoms with Crippen molar-refractivity contribution < 1.29 is 4.92 Å². The van der Waals surface area contributed by atoms with E-state index in [0.717, 1.165) is 25.3 Å². The molecule has 1 aromatic carbocycles. The van der Waals surface area contributed by atoms with Crippen molar-refractivity contribution in [1.82, 2.24) is 5.32 Å². The van der Waals surface area contributed by atoms with Crippen molar-refractivity contribution in [2.24, 2.45) is 5.92 Å². The largest absolute Gasteiger partial charge is 0.385 e. The van der Waals surface area contributed by atoms with Crippen LogP contribution < -0.4 is 10.6 Å². The Morgan fingerprint density at radius 1 is 1.59 bits per heavy atom. The zero-order chi connectivity index (χ0) is 12.3. The van der Waals surface area contributed by atoms with Gasteiger partial charge >= 0.3 is 0 Å². The molecule has 0 radical (unpaired) electrons. The Morgan fingerprint density at radius 3 is 3.00 bits per heavy atom. The summed E-state index contributed by atoms with van der Waals surface area (Å²) < 4.78 is 0. The molecule has 0 spiro atoms. The Bertz CT molecular complexity index is 414. The van der Waals surface area contributed by atoms with Gasteiger partial charge in [0.1, 0.15) is 0 Å². The summed E-state index contributed by atoms with van der Waals surface area (Å²) in [6.07, 6.45) is 1.19. The van der Waals surface area contributed by atoms with E-state index < -0.39 is 0 Å². The van der Waals surface area contributed by atoms with Gasteiger partial charge in [0, 0.05) is 23.9 Å². The van der Waals surface area contributed by atoms with Gasteiger partial charge in [0.25, 0.3) is 5.69 Å². The molecule has 0 aromatic heterocycles. The molecule has 2 N–H and O–H groups in total. The van der Waals surface area contributed by atoms with Crippen LogP contribution in [0.25, 0.3) is 0 Å². The summed E-state index contributed by atoms with van der Waals surface area (Å²) in [4.78, 5) is 10.3. The molecule has 5 heteroatoms. The molecule has 1 fully saturated rings. The quantitative estimate of drug-likeness (QED) is 0.618. The van der Waals surface area contributed by atoms with Crippen LogP contribution in [0.4, 0.5) is 11.4 Å².